The maximum Gasteiger partial charge on any atom is 0.341 e. The van der Waals surface area contributed by atoms with Crippen LogP contribution < -0.4 is 10.6 Å². The van der Waals surface area contributed by atoms with Gasteiger partial charge < -0.3 is 15.4 Å². The van der Waals surface area contributed by atoms with Crippen molar-refractivity contribution in [2.24, 2.45) is 0 Å². The van der Waals surface area contributed by atoms with Crippen molar-refractivity contribution < 1.29 is 14.3 Å². The highest BCUT2D eigenvalue weighted by Crippen LogP contribution is 2.41. The van der Waals surface area contributed by atoms with Crippen LogP contribution in [0.15, 0.2) is 24.3 Å². The van der Waals surface area contributed by atoms with E-state index in [1.54, 1.807) is 31.2 Å². The molecular formula is C20H20Cl4N2O3S. The van der Waals surface area contributed by atoms with Crippen LogP contribution in [0.3, 0.4) is 0 Å². The SMILES string of the molecule is CCOC(=O)c1c(N[C@@H](NC(=O)c2ccc(Cl)cc2)C(Cl)(Cl)Cl)sc2c1CCCC2. The first kappa shape index (κ1) is 23.5. The number of rotatable bonds is 6. The molecule has 10 heteroatoms. The number of hydrogen-bond acceptors (Lipinski definition) is 5. The van der Waals surface area contributed by atoms with Crippen LogP contribution in [0.1, 0.15) is 50.9 Å². The monoisotopic (exact) mass is 508 g/mol. The molecule has 0 spiro atoms. The summed E-state index contributed by atoms with van der Waals surface area (Å²) in [7, 11) is 0. The van der Waals surface area contributed by atoms with Gasteiger partial charge in [-0.3, -0.25) is 4.79 Å². The number of hydrogen-bond donors (Lipinski definition) is 2. The number of halogens is 4. The Morgan fingerprint density at radius 2 is 1.83 bits per heavy atom. The molecule has 1 amide bonds. The molecule has 5 nitrogen and oxygen atoms in total. The normalized spacial score (nSPS) is 14.6. The average molecular weight is 510 g/mol. The van der Waals surface area contributed by atoms with Crippen LogP contribution >= 0.6 is 57.7 Å². The van der Waals surface area contributed by atoms with Crippen LogP contribution in [0.25, 0.3) is 0 Å². The number of thiophene rings is 1. The standard InChI is InChI=1S/C20H20Cl4N2O3S/c1-2-29-18(28)15-13-5-3-4-6-14(13)30-17(15)26-19(20(22,23)24)25-16(27)11-7-9-12(21)10-8-11/h7-10,19,26H,2-6H2,1H3,(H,25,27)/t19-/m1/s1. The Bertz CT molecular complexity index is 925. The zero-order chi connectivity index (χ0) is 21.9. The third-order valence-corrected chi connectivity index (χ3v) is 6.77. The van der Waals surface area contributed by atoms with Gasteiger partial charge in [0.1, 0.15) is 11.2 Å². The van der Waals surface area contributed by atoms with Gasteiger partial charge in [0.2, 0.25) is 3.79 Å². The summed E-state index contributed by atoms with van der Waals surface area (Å²) in [6.45, 7) is 2.00. The number of alkyl halides is 3. The van der Waals surface area contributed by atoms with Gasteiger partial charge in [0.15, 0.2) is 0 Å². The minimum absolute atomic E-state index is 0.254. The molecule has 1 heterocycles. The number of carbonyl (C=O) groups is 2. The Balaban J connectivity index is 1.90. The second-order valence-corrected chi connectivity index (χ2v) is 10.6. The quantitative estimate of drug-likeness (QED) is 0.285. The first-order valence-electron chi connectivity index (χ1n) is 9.42. The number of nitrogens with one attached hydrogen (secondary N) is 2. The van der Waals surface area contributed by atoms with Gasteiger partial charge in [-0.2, -0.15) is 0 Å². The van der Waals surface area contributed by atoms with Gasteiger partial charge in [-0.25, -0.2) is 4.79 Å². The summed E-state index contributed by atoms with van der Waals surface area (Å²) in [4.78, 5) is 26.4. The molecule has 30 heavy (non-hydrogen) atoms. The summed E-state index contributed by atoms with van der Waals surface area (Å²) in [6.07, 6.45) is 2.63. The highest BCUT2D eigenvalue weighted by atomic mass is 35.6. The molecule has 0 saturated carbocycles. The molecule has 0 saturated heterocycles. The van der Waals surface area contributed by atoms with Crippen molar-refractivity contribution in [3.8, 4) is 0 Å². The predicted molar refractivity (Wildman–Crippen MR) is 124 cm³/mol. The molecule has 0 unspecified atom stereocenters. The van der Waals surface area contributed by atoms with E-state index in [1.807, 2.05) is 0 Å². The van der Waals surface area contributed by atoms with Crippen LogP contribution in [0.4, 0.5) is 5.00 Å². The number of fused-ring (bicyclic) bond motifs is 1. The van der Waals surface area contributed by atoms with Crippen LogP contribution in [0.2, 0.25) is 5.02 Å². The van der Waals surface area contributed by atoms with Crippen LogP contribution in [-0.2, 0) is 17.6 Å². The summed E-state index contributed by atoms with van der Waals surface area (Å²) < 4.78 is 3.37. The van der Waals surface area contributed by atoms with Gasteiger partial charge in [-0.15, -0.1) is 11.3 Å². The Morgan fingerprint density at radius 3 is 2.47 bits per heavy atom. The summed E-state index contributed by atoms with van der Waals surface area (Å²) >= 11 is 25.7. The summed E-state index contributed by atoms with van der Waals surface area (Å²) in [5.41, 5.74) is 1.78. The number of esters is 1. The smallest absolute Gasteiger partial charge is 0.341 e. The summed E-state index contributed by atoms with van der Waals surface area (Å²) in [5, 5.41) is 6.77. The molecule has 162 valence electrons. The highest BCUT2D eigenvalue weighted by Gasteiger charge is 2.37. The molecule has 1 aliphatic rings. The van der Waals surface area contributed by atoms with E-state index in [2.05, 4.69) is 10.6 Å². The second kappa shape index (κ2) is 9.96. The number of aryl methyl sites for hydroxylation is 1. The lowest BCUT2D eigenvalue weighted by Gasteiger charge is -2.27. The molecule has 0 radical (unpaired) electrons. The number of amides is 1. The lowest BCUT2D eigenvalue weighted by atomic mass is 9.95. The van der Waals surface area contributed by atoms with Crippen molar-refractivity contribution in [1.82, 2.24) is 5.32 Å². The van der Waals surface area contributed by atoms with Crippen molar-refractivity contribution in [2.75, 3.05) is 11.9 Å². The maximum atomic E-state index is 12.7. The van der Waals surface area contributed by atoms with E-state index in [0.717, 1.165) is 36.1 Å². The summed E-state index contributed by atoms with van der Waals surface area (Å²) in [5.74, 6) is -0.874. The minimum Gasteiger partial charge on any atom is -0.462 e. The third-order valence-electron chi connectivity index (χ3n) is 4.64. The van der Waals surface area contributed by atoms with E-state index >= 15 is 0 Å². The average Bonchev–Trinajstić information content (AvgIpc) is 3.05. The molecule has 1 aromatic heterocycles. The van der Waals surface area contributed by atoms with Crippen molar-refractivity contribution in [3.05, 3.63) is 50.9 Å². The first-order valence-corrected chi connectivity index (χ1v) is 11.7. The lowest BCUT2D eigenvalue weighted by Crippen LogP contribution is -2.49. The van der Waals surface area contributed by atoms with E-state index in [0.29, 0.717) is 21.2 Å². The zero-order valence-electron chi connectivity index (χ0n) is 16.1. The number of ether oxygens (including phenoxy) is 1. The Labute approximate surface area is 199 Å². The van der Waals surface area contributed by atoms with Gasteiger partial charge in [0, 0.05) is 15.5 Å². The topological polar surface area (TPSA) is 67.4 Å². The predicted octanol–water partition coefficient (Wildman–Crippen LogP) is 6.00. The molecule has 2 aromatic rings. The van der Waals surface area contributed by atoms with Crippen LogP contribution in [0.5, 0.6) is 0 Å². The largest absolute Gasteiger partial charge is 0.462 e. The van der Waals surface area contributed by atoms with Crippen molar-refractivity contribution in [3.63, 3.8) is 0 Å². The second-order valence-electron chi connectivity index (χ2n) is 6.73. The summed E-state index contributed by atoms with van der Waals surface area (Å²) in [6, 6.07) is 6.34. The third kappa shape index (κ3) is 5.54. The number of anilines is 1. The maximum absolute atomic E-state index is 12.7. The fraction of sp³-hybridized carbons (Fsp3) is 0.400. The Hall–Kier alpha value is -1.18. The van der Waals surface area contributed by atoms with E-state index in [-0.39, 0.29) is 6.61 Å². The Kier molecular flexibility index (Phi) is 7.80. The lowest BCUT2D eigenvalue weighted by molar-refractivity contribution is 0.0526. The van der Waals surface area contributed by atoms with Crippen LogP contribution in [0, 0.1) is 0 Å². The van der Waals surface area contributed by atoms with E-state index in [1.165, 1.54) is 11.3 Å². The first-order chi connectivity index (χ1) is 14.2. The molecule has 0 fully saturated rings. The molecule has 0 aliphatic heterocycles. The molecule has 0 bridgehead atoms. The van der Waals surface area contributed by atoms with Crippen molar-refractivity contribution >= 4 is 74.6 Å². The van der Waals surface area contributed by atoms with Gasteiger partial charge in [0.25, 0.3) is 5.91 Å². The Morgan fingerprint density at radius 1 is 1.17 bits per heavy atom. The number of carbonyl (C=O) groups excluding carboxylic acids is 2. The molecule has 3 rings (SSSR count). The van der Waals surface area contributed by atoms with Crippen molar-refractivity contribution in [1.29, 1.82) is 0 Å². The molecule has 1 aromatic carbocycles. The van der Waals surface area contributed by atoms with E-state index < -0.39 is 21.8 Å². The fourth-order valence-corrected chi connectivity index (χ4v) is 4.99. The zero-order valence-corrected chi connectivity index (χ0v) is 19.9. The van der Waals surface area contributed by atoms with Gasteiger partial charge >= 0.3 is 5.97 Å². The number of benzene rings is 1. The molecule has 1 atom stereocenters. The highest BCUT2D eigenvalue weighted by molar-refractivity contribution is 7.16. The molecule has 1 aliphatic carbocycles. The van der Waals surface area contributed by atoms with Gasteiger partial charge in [0.05, 0.1) is 12.2 Å². The molecule has 2 N–H and O–H groups in total. The van der Waals surface area contributed by atoms with E-state index in [9.17, 15) is 9.59 Å². The van der Waals surface area contributed by atoms with Crippen LogP contribution in [-0.4, -0.2) is 28.4 Å². The van der Waals surface area contributed by atoms with Gasteiger partial charge in [-0.05, 0) is 62.4 Å². The van der Waals surface area contributed by atoms with Gasteiger partial charge in [-0.1, -0.05) is 46.4 Å². The fourth-order valence-electron chi connectivity index (χ4n) is 3.23. The van der Waals surface area contributed by atoms with Crippen molar-refractivity contribution in [2.45, 2.75) is 42.6 Å². The minimum atomic E-state index is -1.88. The van der Waals surface area contributed by atoms with E-state index in [4.69, 9.17) is 51.1 Å². The molecular weight excluding hydrogens is 490 g/mol.